The average molecular weight is 303 g/mol. The maximum atomic E-state index is 12.4. The Kier molecular flexibility index (Phi) is 3.47. The van der Waals surface area contributed by atoms with Crippen molar-refractivity contribution >= 4 is 17.5 Å². The zero-order chi connectivity index (χ0) is 15.9. The summed E-state index contributed by atoms with van der Waals surface area (Å²) in [7, 11) is 0. The van der Waals surface area contributed by atoms with E-state index < -0.39 is 6.04 Å². The third kappa shape index (κ3) is 2.86. The average Bonchev–Trinajstić information content (AvgIpc) is 2.85. The van der Waals surface area contributed by atoms with Crippen LogP contribution in [0.1, 0.15) is 44.7 Å². The Balaban J connectivity index is 1.82. The number of ether oxygens (including phenoxy) is 1. The number of benzene rings is 1. The first kappa shape index (κ1) is 14.7. The van der Waals surface area contributed by atoms with Crippen LogP contribution in [-0.2, 0) is 9.59 Å². The first-order valence-corrected chi connectivity index (χ1v) is 7.52. The van der Waals surface area contributed by atoms with Gasteiger partial charge < -0.3 is 21.1 Å². The van der Waals surface area contributed by atoms with Gasteiger partial charge in [-0.1, -0.05) is 0 Å². The molecule has 0 aliphatic carbocycles. The molecule has 1 saturated heterocycles. The minimum atomic E-state index is -0.442. The van der Waals surface area contributed by atoms with E-state index in [2.05, 4.69) is 10.6 Å². The fourth-order valence-electron chi connectivity index (χ4n) is 3.08. The van der Waals surface area contributed by atoms with Gasteiger partial charge in [-0.3, -0.25) is 9.59 Å². The minimum absolute atomic E-state index is 0.0721. The summed E-state index contributed by atoms with van der Waals surface area (Å²) in [5.74, 6) is 0.519. The van der Waals surface area contributed by atoms with E-state index >= 15 is 0 Å². The zero-order valence-corrected chi connectivity index (χ0v) is 12.8. The van der Waals surface area contributed by atoms with Crippen LogP contribution in [0.25, 0.3) is 0 Å². The van der Waals surface area contributed by atoms with Crippen molar-refractivity contribution in [2.24, 2.45) is 0 Å². The maximum absolute atomic E-state index is 12.4. The third-order valence-corrected chi connectivity index (χ3v) is 4.12. The van der Waals surface area contributed by atoms with E-state index in [0.29, 0.717) is 24.9 Å². The van der Waals surface area contributed by atoms with Crippen LogP contribution in [0.3, 0.4) is 0 Å². The highest BCUT2D eigenvalue weighted by Gasteiger charge is 2.36. The van der Waals surface area contributed by atoms with Crippen molar-refractivity contribution in [1.82, 2.24) is 10.6 Å². The molecular weight excluding hydrogens is 282 g/mol. The zero-order valence-electron chi connectivity index (χ0n) is 12.8. The molecule has 2 aliphatic heterocycles. The largest absolute Gasteiger partial charge is 0.487 e. The summed E-state index contributed by atoms with van der Waals surface area (Å²) in [6.07, 6.45) is 1.60. The van der Waals surface area contributed by atoms with Crippen LogP contribution in [0.4, 0.5) is 5.69 Å². The lowest BCUT2D eigenvalue weighted by Crippen LogP contribution is -2.46. The van der Waals surface area contributed by atoms with Crippen molar-refractivity contribution in [3.8, 4) is 5.75 Å². The number of nitrogens with one attached hydrogen (secondary N) is 2. The topological polar surface area (TPSA) is 93.5 Å². The van der Waals surface area contributed by atoms with Gasteiger partial charge >= 0.3 is 0 Å². The van der Waals surface area contributed by atoms with Crippen LogP contribution >= 0.6 is 0 Å². The van der Waals surface area contributed by atoms with E-state index in [-0.39, 0.29) is 23.5 Å². The number of fused-ring (bicyclic) bond motifs is 1. The van der Waals surface area contributed by atoms with E-state index in [1.165, 1.54) is 0 Å². The fourth-order valence-corrected chi connectivity index (χ4v) is 3.08. The summed E-state index contributed by atoms with van der Waals surface area (Å²) in [6, 6.07) is 4.84. The van der Waals surface area contributed by atoms with Gasteiger partial charge in [0.25, 0.3) is 0 Å². The van der Waals surface area contributed by atoms with Crippen molar-refractivity contribution in [2.75, 3.05) is 5.73 Å². The highest BCUT2D eigenvalue weighted by Crippen LogP contribution is 2.40. The molecule has 4 N–H and O–H groups in total. The van der Waals surface area contributed by atoms with Crippen molar-refractivity contribution in [3.63, 3.8) is 0 Å². The van der Waals surface area contributed by atoms with Crippen LogP contribution in [0.2, 0.25) is 0 Å². The number of anilines is 1. The Morgan fingerprint density at radius 1 is 1.45 bits per heavy atom. The molecule has 1 unspecified atom stereocenters. The van der Waals surface area contributed by atoms with Crippen LogP contribution in [-0.4, -0.2) is 23.5 Å². The molecule has 0 bridgehead atoms. The second-order valence-corrected chi connectivity index (χ2v) is 6.58. The highest BCUT2D eigenvalue weighted by atomic mass is 16.5. The molecule has 2 atom stereocenters. The first-order chi connectivity index (χ1) is 10.3. The Morgan fingerprint density at radius 3 is 2.91 bits per heavy atom. The van der Waals surface area contributed by atoms with Crippen LogP contribution in [0.5, 0.6) is 5.75 Å². The van der Waals surface area contributed by atoms with E-state index in [1.54, 1.807) is 6.07 Å². The summed E-state index contributed by atoms with van der Waals surface area (Å²) >= 11 is 0. The van der Waals surface area contributed by atoms with Gasteiger partial charge in [-0.15, -0.1) is 0 Å². The number of carbonyl (C=O) groups excluding carboxylic acids is 2. The smallest absolute Gasteiger partial charge is 0.243 e. The Labute approximate surface area is 129 Å². The molecule has 6 heteroatoms. The van der Waals surface area contributed by atoms with Gasteiger partial charge in [0.2, 0.25) is 11.8 Å². The lowest BCUT2D eigenvalue weighted by atomic mass is 9.89. The van der Waals surface area contributed by atoms with Crippen molar-refractivity contribution < 1.29 is 14.3 Å². The minimum Gasteiger partial charge on any atom is -0.487 e. The standard InChI is InChI=1S/C16H21N3O3/c1-16(2)8-12(10-7-9(17)3-5-13(10)22-16)19-15(21)11-4-6-14(20)18-11/h3,5,7,11-12H,4,6,8,17H2,1-2H3,(H,18,20)(H,19,21)/t11-,12?/m1/s1. The Morgan fingerprint density at radius 2 is 2.23 bits per heavy atom. The third-order valence-electron chi connectivity index (χ3n) is 4.12. The molecule has 0 radical (unpaired) electrons. The van der Waals surface area contributed by atoms with Crippen molar-refractivity contribution in [2.45, 2.75) is 50.8 Å². The van der Waals surface area contributed by atoms with Gasteiger partial charge in [0.15, 0.2) is 0 Å². The normalized spacial score (nSPS) is 25.8. The molecule has 3 rings (SSSR count). The quantitative estimate of drug-likeness (QED) is 0.717. The Bertz CT molecular complexity index is 627. The Hall–Kier alpha value is -2.24. The number of rotatable bonds is 2. The molecular formula is C16H21N3O3. The number of amides is 2. The van der Waals surface area contributed by atoms with Gasteiger partial charge in [0.05, 0.1) is 6.04 Å². The number of nitrogens with two attached hydrogens (primary N) is 1. The summed E-state index contributed by atoms with van der Waals surface area (Å²) in [5, 5.41) is 5.72. The van der Waals surface area contributed by atoms with Gasteiger partial charge in [-0.2, -0.15) is 0 Å². The molecule has 1 aromatic carbocycles. The molecule has 2 aliphatic rings. The van der Waals surface area contributed by atoms with Gasteiger partial charge in [0.1, 0.15) is 17.4 Å². The number of carbonyl (C=O) groups is 2. The number of hydrogen-bond donors (Lipinski definition) is 3. The summed E-state index contributed by atoms with van der Waals surface area (Å²) in [5.41, 5.74) is 7.00. The lowest BCUT2D eigenvalue weighted by Gasteiger charge is -2.38. The van der Waals surface area contributed by atoms with Crippen molar-refractivity contribution in [1.29, 1.82) is 0 Å². The molecule has 118 valence electrons. The maximum Gasteiger partial charge on any atom is 0.243 e. The van der Waals surface area contributed by atoms with Gasteiger partial charge in [0, 0.05) is 24.1 Å². The van der Waals surface area contributed by atoms with E-state index in [9.17, 15) is 9.59 Å². The van der Waals surface area contributed by atoms with E-state index in [1.807, 2.05) is 26.0 Å². The second kappa shape index (κ2) is 5.19. The molecule has 0 spiro atoms. The molecule has 1 fully saturated rings. The number of hydrogen-bond acceptors (Lipinski definition) is 4. The number of nitrogen functional groups attached to an aromatic ring is 1. The summed E-state index contributed by atoms with van der Waals surface area (Å²) in [6.45, 7) is 3.98. The van der Waals surface area contributed by atoms with Crippen molar-refractivity contribution in [3.05, 3.63) is 23.8 Å². The van der Waals surface area contributed by atoms with Gasteiger partial charge in [-0.25, -0.2) is 0 Å². The van der Waals surface area contributed by atoms with E-state index in [0.717, 1.165) is 11.3 Å². The summed E-state index contributed by atoms with van der Waals surface area (Å²) < 4.78 is 5.95. The summed E-state index contributed by atoms with van der Waals surface area (Å²) in [4.78, 5) is 23.6. The van der Waals surface area contributed by atoms with Crippen LogP contribution in [0, 0.1) is 0 Å². The molecule has 0 saturated carbocycles. The molecule has 2 heterocycles. The monoisotopic (exact) mass is 303 g/mol. The first-order valence-electron chi connectivity index (χ1n) is 7.52. The van der Waals surface area contributed by atoms with Crippen LogP contribution < -0.4 is 21.1 Å². The molecule has 0 aromatic heterocycles. The van der Waals surface area contributed by atoms with E-state index in [4.69, 9.17) is 10.5 Å². The molecule has 22 heavy (non-hydrogen) atoms. The van der Waals surface area contributed by atoms with Crippen LogP contribution in [0.15, 0.2) is 18.2 Å². The molecule has 2 amide bonds. The predicted octanol–water partition coefficient (Wildman–Crippen LogP) is 1.27. The molecule has 6 nitrogen and oxygen atoms in total. The lowest BCUT2D eigenvalue weighted by molar-refractivity contribution is -0.126. The van der Waals surface area contributed by atoms with Gasteiger partial charge in [-0.05, 0) is 38.5 Å². The molecule has 1 aromatic rings. The predicted molar refractivity (Wildman–Crippen MR) is 82.2 cm³/mol. The fraction of sp³-hybridized carbons (Fsp3) is 0.500. The highest BCUT2D eigenvalue weighted by molar-refractivity contribution is 5.91. The second-order valence-electron chi connectivity index (χ2n) is 6.58. The SMILES string of the molecule is CC1(C)CC(NC(=O)[C@H]2CCC(=O)N2)c2cc(N)ccc2O1.